The van der Waals surface area contributed by atoms with Gasteiger partial charge in [0.05, 0.1) is 12.0 Å². The van der Waals surface area contributed by atoms with E-state index in [1.54, 1.807) is 0 Å². The van der Waals surface area contributed by atoms with Gasteiger partial charge in [-0.1, -0.05) is 33.6 Å². The van der Waals surface area contributed by atoms with E-state index < -0.39 is 0 Å². The Morgan fingerprint density at radius 1 is 1.31 bits per heavy atom. The van der Waals surface area contributed by atoms with Gasteiger partial charge >= 0.3 is 0 Å². The van der Waals surface area contributed by atoms with Crippen LogP contribution in [-0.4, -0.2) is 16.1 Å². The molecular formula is C13H25N3. The van der Waals surface area contributed by atoms with Crippen LogP contribution >= 0.6 is 0 Å². The maximum Gasteiger partial charge on any atom is 0.0950 e. The summed E-state index contributed by atoms with van der Waals surface area (Å²) in [5.41, 5.74) is 1.15. The summed E-state index contributed by atoms with van der Waals surface area (Å²) in [4.78, 5) is 4.41. The highest BCUT2D eigenvalue weighted by Crippen LogP contribution is 2.10. The first-order valence-electron chi connectivity index (χ1n) is 6.51. The van der Waals surface area contributed by atoms with Crippen molar-refractivity contribution >= 4 is 0 Å². The largest absolute Gasteiger partial charge is 0.337 e. The van der Waals surface area contributed by atoms with Crippen molar-refractivity contribution in [2.24, 2.45) is 5.92 Å². The van der Waals surface area contributed by atoms with Crippen molar-refractivity contribution in [3.8, 4) is 0 Å². The summed E-state index contributed by atoms with van der Waals surface area (Å²) in [6.45, 7) is 9.76. The van der Waals surface area contributed by atoms with E-state index in [4.69, 9.17) is 0 Å². The molecule has 0 saturated carbocycles. The SMILES string of the molecule is CCCNCc1cn(CC(CC)CC)cn1. The molecule has 0 spiro atoms. The molecule has 0 aromatic carbocycles. The fourth-order valence-electron chi connectivity index (χ4n) is 1.84. The molecule has 1 heterocycles. The molecule has 1 aromatic heterocycles. The van der Waals surface area contributed by atoms with E-state index in [-0.39, 0.29) is 0 Å². The van der Waals surface area contributed by atoms with Crippen LogP contribution in [0.1, 0.15) is 45.7 Å². The average Bonchev–Trinajstić information content (AvgIpc) is 2.74. The molecule has 0 saturated heterocycles. The van der Waals surface area contributed by atoms with Gasteiger partial charge < -0.3 is 9.88 Å². The zero-order valence-corrected chi connectivity index (χ0v) is 10.9. The van der Waals surface area contributed by atoms with Crippen molar-refractivity contribution in [3.05, 3.63) is 18.2 Å². The van der Waals surface area contributed by atoms with E-state index in [2.05, 4.69) is 41.8 Å². The van der Waals surface area contributed by atoms with Gasteiger partial charge in [0.25, 0.3) is 0 Å². The summed E-state index contributed by atoms with van der Waals surface area (Å²) in [6, 6.07) is 0. The molecule has 0 unspecified atom stereocenters. The van der Waals surface area contributed by atoms with Gasteiger partial charge in [0.15, 0.2) is 0 Å². The first-order chi connectivity index (χ1) is 7.80. The Kier molecular flexibility index (Phi) is 6.16. The van der Waals surface area contributed by atoms with Gasteiger partial charge in [-0.25, -0.2) is 4.98 Å². The minimum atomic E-state index is 0.783. The van der Waals surface area contributed by atoms with E-state index >= 15 is 0 Å². The van der Waals surface area contributed by atoms with Crippen molar-refractivity contribution in [3.63, 3.8) is 0 Å². The van der Waals surface area contributed by atoms with Crippen LogP contribution in [-0.2, 0) is 13.1 Å². The Balaban J connectivity index is 2.38. The lowest BCUT2D eigenvalue weighted by Crippen LogP contribution is -2.14. The minimum absolute atomic E-state index is 0.783. The van der Waals surface area contributed by atoms with Crippen molar-refractivity contribution in [2.75, 3.05) is 6.54 Å². The van der Waals surface area contributed by atoms with Crippen LogP contribution in [0.15, 0.2) is 12.5 Å². The van der Waals surface area contributed by atoms with Gasteiger partial charge in [0.1, 0.15) is 0 Å². The van der Waals surface area contributed by atoms with Gasteiger partial charge in [0.2, 0.25) is 0 Å². The van der Waals surface area contributed by atoms with E-state index in [0.717, 1.165) is 31.2 Å². The molecule has 0 radical (unpaired) electrons. The lowest BCUT2D eigenvalue weighted by Gasteiger charge is -2.12. The standard InChI is InChI=1S/C13H25N3/c1-4-7-14-8-13-10-16(11-15-13)9-12(5-2)6-3/h10-12,14H,4-9H2,1-3H3. The van der Waals surface area contributed by atoms with Gasteiger partial charge in [-0.05, 0) is 18.9 Å². The van der Waals surface area contributed by atoms with Crippen molar-refractivity contribution in [1.82, 2.24) is 14.9 Å². The number of rotatable bonds is 8. The van der Waals surface area contributed by atoms with E-state index in [1.807, 2.05) is 6.33 Å². The molecule has 92 valence electrons. The van der Waals surface area contributed by atoms with Crippen LogP contribution in [0.25, 0.3) is 0 Å². The van der Waals surface area contributed by atoms with Gasteiger partial charge in [-0.3, -0.25) is 0 Å². The third kappa shape index (κ3) is 4.35. The molecular weight excluding hydrogens is 198 g/mol. The van der Waals surface area contributed by atoms with Crippen LogP contribution < -0.4 is 5.32 Å². The second kappa shape index (κ2) is 7.44. The predicted octanol–water partition coefficient (Wildman–Crippen LogP) is 2.82. The van der Waals surface area contributed by atoms with Crippen molar-refractivity contribution < 1.29 is 0 Å². The normalized spacial score (nSPS) is 11.2. The van der Waals surface area contributed by atoms with Gasteiger partial charge in [0, 0.05) is 19.3 Å². The molecule has 0 atom stereocenters. The molecule has 0 bridgehead atoms. The summed E-state index contributed by atoms with van der Waals surface area (Å²) in [7, 11) is 0. The second-order valence-electron chi connectivity index (χ2n) is 4.42. The molecule has 0 fully saturated rings. The zero-order valence-electron chi connectivity index (χ0n) is 10.9. The number of aromatic nitrogens is 2. The maximum absolute atomic E-state index is 4.41. The molecule has 0 aliphatic heterocycles. The van der Waals surface area contributed by atoms with Crippen LogP contribution in [0.5, 0.6) is 0 Å². The Hall–Kier alpha value is -0.830. The summed E-state index contributed by atoms with van der Waals surface area (Å²) in [5, 5.41) is 3.37. The first-order valence-corrected chi connectivity index (χ1v) is 6.51. The van der Waals surface area contributed by atoms with Crippen LogP contribution in [0.2, 0.25) is 0 Å². The topological polar surface area (TPSA) is 29.9 Å². The number of hydrogen-bond donors (Lipinski definition) is 1. The smallest absolute Gasteiger partial charge is 0.0950 e. The third-order valence-corrected chi connectivity index (χ3v) is 3.04. The number of hydrogen-bond acceptors (Lipinski definition) is 2. The predicted molar refractivity (Wildman–Crippen MR) is 68.3 cm³/mol. The van der Waals surface area contributed by atoms with Crippen LogP contribution in [0.4, 0.5) is 0 Å². The lowest BCUT2D eigenvalue weighted by atomic mass is 10.0. The van der Waals surface area contributed by atoms with Crippen molar-refractivity contribution in [1.29, 1.82) is 0 Å². The third-order valence-electron chi connectivity index (χ3n) is 3.04. The van der Waals surface area contributed by atoms with Gasteiger partial charge in [-0.2, -0.15) is 0 Å². The highest BCUT2D eigenvalue weighted by atomic mass is 15.0. The Morgan fingerprint density at radius 3 is 2.69 bits per heavy atom. The Morgan fingerprint density at radius 2 is 2.06 bits per heavy atom. The molecule has 0 aliphatic carbocycles. The number of nitrogens with zero attached hydrogens (tertiary/aromatic N) is 2. The molecule has 3 nitrogen and oxygen atoms in total. The summed E-state index contributed by atoms with van der Waals surface area (Å²) >= 11 is 0. The average molecular weight is 223 g/mol. The van der Waals surface area contributed by atoms with E-state index in [9.17, 15) is 0 Å². The highest BCUT2D eigenvalue weighted by Gasteiger charge is 2.05. The quantitative estimate of drug-likeness (QED) is 0.687. The van der Waals surface area contributed by atoms with Crippen LogP contribution in [0.3, 0.4) is 0 Å². The number of nitrogens with one attached hydrogen (secondary N) is 1. The fourth-order valence-corrected chi connectivity index (χ4v) is 1.84. The van der Waals surface area contributed by atoms with Gasteiger partial charge in [-0.15, -0.1) is 0 Å². The van der Waals surface area contributed by atoms with Crippen molar-refractivity contribution in [2.45, 2.75) is 53.1 Å². The molecule has 0 aliphatic rings. The van der Waals surface area contributed by atoms with E-state index in [0.29, 0.717) is 0 Å². The molecule has 1 rings (SSSR count). The van der Waals surface area contributed by atoms with E-state index in [1.165, 1.54) is 19.3 Å². The first kappa shape index (κ1) is 13.2. The Bertz CT molecular complexity index is 276. The summed E-state index contributed by atoms with van der Waals surface area (Å²) in [5.74, 6) is 0.783. The molecule has 3 heteroatoms. The second-order valence-corrected chi connectivity index (χ2v) is 4.42. The lowest BCUT2D eigenvalue weighted by molar-refractivity contribution is 0.418. The Labute approximate surface area is 99.3 Å². The summed E-state index contributed by atoms with van der Waals surface area (Å²) < 4.78 is 2.22. The molecule has 1 aromatic rings. The minimum Gasteiger partial charge on any atom is -0.337 e. The molecule has 1 N–H and O–H groups in total. The monoisotopic (exact) mass is 223 g/mol. The fraction of sp³-hybridized carbons (Fsp3) is 0.769. The summed E-state index contributed by atoms with van der Waals surface area (Å²) in [6.07, 6.45) is 7.80. The highest BCUT2D eigenvalue weighted by molar-refractivity contribution is 4.96. The van der Waals surface area contributed by atoms with Crippen LogP contribution in [0, 0.1) is 5.92 Å². The molecule has 0 amide bonds. The zero-order chi connectivity index (χ0) is 11.8. The maximum atomic E-state index is 4.41. The number of imidazole rings is 1. The molecule has 16 heavy (non-hydrogen) atoms.